The standard InChI is InChI=1S/C30H43N5O/c1-6-29-28(23-34(24(4)5)22-25-13-12-16-27(21-25)36-8-3)30(33-19-17-32(7-2)18-20-33)35(31-29)26-14-10-9-11-15-26/h9-16,21,24H,6-8,17-20,22-23H2,1-5H3. The van der Waals surface area contributed by atoms with Crippen LogP contribution in [-0.4, -0.2) is 65.0 Å². The van der Waals surface area contributed by atoms with Crippen LogP contribution >= 0.6 is 0 Å². The van der Waals surface area contributed by atoms with Gasteiger partial charge in [-0.15, -0.1) is 0 Å². The van der Waals surface area contributed by atoms with Crippen LogP contribution in [-0.2, 0) is 19.5 Å². The van der Waals surface area contributed by atoms with Crippen molar-refractivity contribution < 1.29 is 4.74 Å². The Balaban J connectivity index is 1.70. The first-order valence-electron chi connectivity index (χ1n) is 13.6. The van der Waals surface area contributed by atoms with E-state index in [4.69, 9.17) is 9.84 Å². The molecule has 0 N–H and O–H groups in total. The van der Waals surface area contributed by atoms with Crippen LogP contribution in [0.1, 0.15) is 51.4 Å². The van der Waals surface area contributed by atoms with Crippen LogP contribution in [0.5, 0.6) is 5.75 Å². The first kappa shape index (κ1) is 26.2. The maximum absolute atomic E-state index is 5.77. The smallest absolute Gasteiger partial charge is 0.137 e. The first-order valence-corrected chi connectivity index (χ1v) is 13.6. The maximum atomic E-state index is 5.77. The van der Waals surface area contributed by atoms with E-state index in [1.54, 1.807) is 0 Å². The monoisotopic (exact) mass is 489 g/mol. The van der Waals surface area contributed by atoms with Crippen LogP contribution in [0, 0.1) is 0 Å². The van der Waals surface area contributed by atoms with E-state index in [-0.39, 0.29) is 0 Å². The van der Waals surface area contributed by atoms with Gasteiger partial charge in [-0.05, 0) is 63.6 Å². The Morgan fingerprint density at radius 1 is 0.917 bits per heavy atom. The lowest BCUT2D eigenvalue weighted by atomic mass is 10.1. The third-order valence-electron chi connectivity index (χ3n) is 7.18. The van der Waals surface area contributed by atoms with Gasteiger partial charge < -0.3 is 14.5 Å². The Morgan fingerprint density at radius 2 is 1.67 bits per heavy atom. The molecule has 2 heterocycles. The highest BCUT2D eigenvalue weighted by atomic mass is 16.5. The van der Waals surface area contributed by atoms with Crippen molar-refractivity contribution >= 4 is 5.82 Å². The van der Waals surface area contributed by atoms with Crippen LogP contribution in [0.3, 0.4) is 0 Å². The van der Waals surface area contributed by atoms with Gasteiger partial charge in [-0.2, -0.15) is 5.10 Å². The number of para-hydroxylation sites is 1. The molecule has 1 fully saturated rings. The van der Waals surface area contributed by atoms with Gasteiger partial charge in [0.1, 0.15) is 11.6 Å². The molecule has 194 valence electrons. The van der Waals surface area contributed by atoms with Gasteiger partial charge in [0.05, 0.1) is 18.0 Å². The lowest BCUT2D eigenvalue weighted by molar-refractivity contribution is 0.202. The van der Waals surface area contributed by atoms with Crippen molar-refractivity contribution in [3.63, 3.8) is 0 Å². The topological polar surface area (TPSA) is 36.8 Å². The van der Waals surface area contributed by atoms with Crippen molar-refractivity contribution in [3.8, 4) is 11.4 Å². The van der Waals surface area contributed by atoms with Gasteiger partial charge in [-0.3, -0.25) is 4.90 Å². The van der Waals surface area contributed by atoms with Gasteiger partial charge in [0.2, 0.25) is 0 Å². The second-order valence-corrected chi connectivity index (χ2v) is 9.85. The molecule has 6 nitrogen and oxygen atoms in total. The minimum Gasteiger partial charge on any atom is -0.494 e. The molecule has 36 heavy (non-hydrogen) atoms. The quantitative estimate of drug-likeness (QED) is 0.361. The van der Waals surface area contributed by atoms with E-state index >= 15 is 0 Å². The molecule has 1 saturated heterocycles. The van der Waals surface area contributed by atoms with E-state index in [1.165, 1.54) is 22.6 Å². The number of rotatable bonds is 11. The normalized spacial score (nSPS) is 14.7. The maximum Gasteiger partial charge on any atom is 0.137 e. The molecule has 6 heteroatoms. The molecule has 4 rings (SSSR count). The van der Waals surface area contributed by atoms with Gasteiger partial charge in [0.25, 0.3) is 0 Å². The van der Waals surface area contributed by atoms with Crippen LogP contribution < -0.4 is 9.64 Å². The molecule has 3 aromatic rings. The van der Waals surface area contributed by atoms with E-state index in [9.17, 15) is 0 Å². The highest BCUT2D eigenvalue weighted by molar-refractivity contribution is 5.56. The summed E-state index contributed by atoms with van der Waals surface area (Å²) < 4.78 is 7.97. The minimum absolute atomic E-state index is 0.398. The Labute approximate surface area is 217 Å². The second-order valence-electron chi connectivity index (χ2n) is 9.85. The summed E-state index contributed by atoms with van der Waals surface area (Å²) in [6.07, 6.45) is 0.919. The van der Waals surface area contributed by atoms with E-state index in [0.717, 1.165) is 63.7 Å². The summed E-state index contributed by atoms with van der Waals surface area (Å²) in [5.41, 5.74) is 4.97. The Hall–Kier alpha value is -2.83. The second kappa shape index (κ2) is 12.4. The summed E-state index contributed by atoms with van der Waals surface area (Å²) in [6, 6.07) is 19.5. The van der Waals surface area contributed by atoms with Gasteiger partial charge in [0, 0.05) is 50.9 Å². The summed E-state index contributed by atoms with van der Waals surface area (Å²) in [7, 11) is 0. The van der Waals surface area contributed by atoms with Crippen molar-refractivity contribution in [2.75, 3.05) is 44.2 Å². The minimum atomic E-state index is 0.398. The van der Waals surface area contributed by atoms with Crippen LogP contribution in [0.2, 0.25) is 0 Å². The van der Waals surface area contributed by atoms with E-state index < -0.39 is 0 Å². The van der Waals surface area contributed by atoms with E-state index in [1.807, 2.05) is 13.0 Å². The fourth-order valence-electron chi connectivity index (χ4n) is 5.04. The third-order valence-corrected chi connectivity index (χ3v) is 7.18. The van der Waals surface area contributed by atoms with Crippen molar-refractivity contribution in [1.29, 1.82) is 0 Å². The fraction of sp³-hybridized carbons (Fsp3) is 0.500. The van der Waals surface area contributed by atoms with Gasteiger partial charge in [-0.1, -0.05) is 44.2 Å². The molecule has 0 bridgehead atoms. The summed E-state index contributed by atoms with van der Waals surface area (Å²) in [4.78, 5) is 7.66. The molecule has 0 amide bonds. The van der Waals surface area contributed by atoms with Gasteiger partial charge in [0.15, 0.2) is 0 Å². The number of likely N-dealkylation sites (N-methyl/N-ethyl adjacent to an activating group) is 1. The number of nitrogens with zero attached hydrogens (tertiary/aromatic N) is 5. The molecule has 0 saturated carbocycles. The molecule has 1 aromatic heterocycles. The van der Waals surface area contributed by atoms with Crippen molar-refractivity contribution in [2.24, 2.45) is 0 Å². The highest BCUT2D eigenvalue weighted by Gasteiger charge is 2.27. The Morgan fingerprint density at radius 3 is 2.31 bits per heavy atom. The summed E-state index contributed by atoms with van der Waals surface area (Å²) in [5.74, 6) is 2.21. The number of anilines is 1. The van der Waals surface area contributed by atoms with Crippen LogP contribution in [0.15, 0.2) is 54.6 Å². The number of piperazine rings is 1. The largest absolute Gasteiger partial charge is 0.494 e. The summed E-state index contributed by atoms with van der Waals surface area (Å²) >= 11 is 0. The average molecular weight is 490 g/mol. The molecular formula is C30H43N5O. The molecule has 1 aliphatic rings. The zero-order valence-corrected chi connectivity index (χ0v) is 22.8. The lowest BCUT2D eigenvalue weighted by Crippen LogP contribution is -2.47. The average Bonchev–Trinajstić information content (AvgIpc) is 3.27. The SMILES string of the molecule is CCOc1cccc(CN(Cc2c(CC)nn(-c3ccccc3)c2N2CCN(CC)CC2)C(C)C)c1. The summed E-state index contributed by atoms with van der Waals surface area (Å²) in [6.45, 7) is 18.9. The Kier molecular flexibility index (Phi) is 9.05. The van der Waals surface area contributed by atoms with E-state index in [0.29, 0.717) is 12.6 Å². The van der Waals surface area contributed by atoms with Gasteiger partial charge in [-0.25, -0.2) is 4.68 Å². The van der Waals surface area contributed by atoms with Crippen molar-refractivity contribution in [3.05, 3.63) is 71.4 Å². The van der Waals surface area contributed by atoms with Crippen LogP contribution in [0.25, 0.3) is 5.69 Å². The molecular weight excluding hydrogens is 446 g/mol. The number of hydrogen-bond acceptors (Lipinski definition) is 5. The number of aromatic nitrogens is 2. The number of hydrogen-bond donors (Lipinski definition) is 0. The predicted molar refractivity (Wildman–Crippen MR) is 149 cm³/mol. The Bertz CT molecular complexity index is 1090. The van der Waals surface area contributed by atoms with Crippen molar-refractivity contribution in [2.45, 2.75) is 60.2 Å². The molecule has 0 atom stereocenters. The molecule has 1 aliphatic heterocycles. The van der Waals surface area contributed by atoms with E-state index in [2.05, 4.69) is 95.6 Å². The number of ether oxygens (including phenoxy) is 1. The number of aryl methyl sites for hydroxylation is 1. The molecule has 2 aromatic carbocycles. The fourth-order valence-corrected chi connectivity index (χ4v) is 5.04. The van der Waals surface area contributed by atoms with Gasteiger partial charge >= 0.3 is 0 Å². The molecule has 0 spiro atoms. The lowest BCUT2D eigenvalue weighted by Gasteiger charge is -2.37. The van der Waals surface area contributed by atoms with Crippen LogP contribution in [0.4, 0.5) is 5.82 Å². The predicted octanol–water partition coefficient (Wildman–Crippen LogP) is 5.39. The molecule has 0 radical (unpaired) electrons. The highest BCUT2D eigenvalue weighted by Crippen LogP contribution is 2.31. The number of benzene rings is 2. The third kappa shape index (κ3) is 6.11. The molecule has 0 unspecified atom stereocenters. The zero-order chi connectivity index (χ0) is 25.5. The zero-order valence-electron chi connectivity index (χ0n) is 22.8. The molecule has 0 aliphatic carbocycles. The summed E-state index contributed by atoms with van der Waals surface area (Å²) in [5, 5.41) is 5.19. The van der Waals surface area contributed by atoms with Crippen molar-refractivity contribution in [1.82, 2.24) is 19.6 Å². The first-order chi connectivity index (χ1) is 17.5.